The van der Waals surface area contributed by atoms with Crippen molar-refractivity contribution in [2.24, 2.45) is 0 Å². The predicted molar refractivity (Wildman–Crippen MR) is 154 cm³/mol. The highest BCUT2D eigenvalue weighted by molar-refractivity contribution is 5.86. The van der Waals surface area contributed by atoms with E-state index in [0.717, 1.165) is 33.3 Å². The minimum atomic E-state index is -0.0961. The van der Waals surface area contributed by atoms with Crippen molar-refractivity contribution >= 4 is 22.7 Å². The van der Waals surface area contributed by atoms with E-state index in [1.165, 1.54) is 0 Å². The number of H-pyrrole nitrogens is 1. The van der Waals surface area contributed by atoms with Gasteiger partial charge in [-0.2, -0.15) is 0 Å². The zero-order valence-corrected chi connectivity index (χ0v) is 22.8. The molecule has 0 aliphatic heterocycles. The summed E-state index contributed by atoms with van der Waals surface area (Å²) in [4.78, 5) is 33.7. The number of amides is 2. The molecule has 4 rings (SSSR count). The molecule has 0 spiro atoms. The number of hydrogen-bond donors (Lipinski definition) is 1. The number of ether oxygens (including phenoxy) is 2. The highest BCUT2D eigenvalue weighted by Crippen LogP contribution is 2.20. The normalized spacial score (nSPS) is 10.9. The summed E-state index contributed by atoms with van der Waals surface area (Å²) < 4.78 is 10.8. The van der Waals surface area contributed by atoms with Gasteiger partial charge in [-0.05, 0) is 48.2 Å². The Morgan fingerprint density at radius 2 is 1.56 bits per heavy atom. The number of carbonyl (C=O) groups excluding carboxylic acids is 2. The number of carbonyl (C=O) groups is 2. The lowest BCUT2D eigenvalue weighted by molar-refractivity contribution is -0.141. The number of aromatic nitrogens is 1. The summed E-state index contributed by atoms with van der Waals surface area (Å²) in [6.07, 6.45) is 2.95. The molecule has 7 heteroatoms. The van der Waals surface area contributed by atoms with Gasteiger partial charge in [-0.25, -0.2) is 0 Å². The summed E-state index contributed by atoms with van der Waals surface area (Å²) in [6.45, 7) is 4.24. The van der Waals surface area contributed by atoms with Gasteiger partial charge in [0, 0.05) is 43.8 Å². The molecule has 39 heavy (non-hydrogen) atoms. The van der Waals surface area contributed by atoms with Crippen molar-refractivity contribution in [1.29, 1.82) is 0 Å². The summed E-state index contributed by atoms with van der Waals surface area (Å²) in [5, 5.41) is 1.16. The van der Waals surface area contributed by atoms with E-state index in [1.54, 1.807) is 12.0 Å². The topological polar surface area (TPSA) is 74.9 Å². The molecule has 0 atom stereocenters. The highest BCUT2D eigenvalue weighted by Gasteiger charge is 2.22. The molecule has 3 aromatic carbocycles. The van der Waals surface area contributed by atoms with E-state index >= 15 is 0 Å². The lowest BCUT2D eigenvalue weighted by Gasteiger charge is -2.28. The Labute approximate surface area is 230 Å². The maximum Gasteiger partial charge on any atom is 0.242 e. The molecule has 0 saturated carbocycles. The summed E-state index contributed by atoms with van der Waals surface area (Å²) in [5.41, 5.74) is 4.16. The molecule has 1 N–H and O–H groups in total. The number of benzene rings is 3. The standard InChI is InChI=1S/C32H37N3O4/c1-3-39-28-15-13-26(14-16-28)23-34(18-17-27-22-33-30-12-8-7-11-29(27)30)32(37)24-35(19-20-38-2)31(36)21-25-9-5-4-6-10-25/h4-16,22,33H,3,17-21,23-24H2,1-2H3. The van der Waals surface area contributed by atoms with Gasteiger partial charge in [0.2, 0.25) is 11.8 Å². The second-order valence-corrected chi connectivity index (χ2v) is 9.47. The van der Waals surface area contributed by atoms with Crippen molar-refractivity contribution in [3.8, 4) is 5.75 Å². The van der Waals surface area contributed by atoms with Crippen LogP contribution in [0.3, 0.4) is 0 Å². The third kappa shape index (κ3) is 7.94. The first-order chi connectivity index (χ1) is 19.1. The van der Waals surface area contributed by atoms with Gasteiger partial charge in [0.05, 0.1) is 26.2 Å². The Morgan fingerprint density at radius 1 is 0.821 bits per heavy atom. The van der Waals surface area contributed by atoms with E-state index in [0.29, 0.717) is 39.3 Å². The van der Waals surface area contributed by atoms with Crippen molar-refractivity contribution < 1.29 is 19.1 Å². The van der Waals surface area contributed by atoms with Crippen LogP contribution in [0.15, 0.2) is 85.1 Å². The Balaban J connectivity index is 1.50. The Kier molecular flexibility index (Phi) is 10.1. The number of methoxy groups -OCH3 is 1. The first-order valence-corrected chi connectivity index (χ1v) is 13.4. The van der Waals surface area contributed by atoms with Gasteiger partial charge in [0.1, 0.15) is 5.75 Å². The van der Waals surface area contributed by atoms with E-state index in [9.17, 15) is 9.59 Å². The van der Waals surface area contributed by atoms with Gasteiger partial charge in [0.15, 0.2) is 0 Å². The molecule has 0 unspecified atom stereocenters. The highest BCUT2D eigenvalue weighted by atomic mass is 16.5. The molecule has 1 aromatic heterocycles. The van der Waals surface area contributed by atoms with Gasteiger partial charge in [0.25, 0.3) is 0 Å². The molecule has 0 saturated heterocycles. The molecule has 4 aromatic rings. The number of aromatic amines is 1. The summed E-state index contributed by atoms with van der Waals surface area (Å²) in [6, 6.07) is 25.6. The minimum absolute atomic E-state index is 0.0000586. The lowest BCUT2D eigenvalue weighted by atomic mass is 10.1. The van der Waals surface area contributed by atoms with Crippen LogP contribution < -0.4 is 4.74 Å². The molecule has 204 valence electrons. The molecule has 2 amide bonds. The molecule has 0 aliphatic rings. The summed E-state index contributed by atoms with van der Waals surface area (Å²) in [5.74, 6) is 0.612. The zero-order valence-electron chi connectivity index (χ0n) is 22.8. The smallest absolute Gasteiger partial charge is 0.242 e. The van der Waals surface area contributed by atoms with Crippen LogP contribution in [0, 0.1) is 0 Å². The average Bonchev–Trinajstić information content (AvgIpc) is 3.37. The monoisotopic (exact) mass is 527 g/mol. The molecule has 0 bridgehead atoms. The van der Waals surface area contributed by atoms with Gasteiger partial charge in [-0.1, -0.05) is 60.7 Å². The van der Waals surface area contributed by atoms with Gasteiger partial charge < -0.3 is 24.3 Å². The Bertz CT molecular complexity index is 1330. The third-order valence-corrected chi connectivity index (χ3v) is 6.73. The van der Waals surface area contributed by atoms with Gasteiger partial charge in [-0.15, -0.1) is 0 Å². The Morgan fingerprint density at radius 3 is 2.31 bits per heavy atom. The molecular formula is C32H37N3O4. The van der Waals surface area contributed by atoms with E-state index in [-0.39, 0.29) is 24.8 Å². The fourth-order valence-corrected chi connectivity index (χ4v) is 4.60. The van der Waals surface area contributed by atoms with Gasteiger partial charge in [-0.3, -0.25) is 9.59 Å². The first-order valence-electron chi connectivity index (χ1n) is 13.4. The van der Waals surface area contributed by atoms with E-state index in [1.807, 2.05) is 90.8 Å². The van der Waals surface area contributed by atoms with Gasteiger partial charge >= 0.3 is 0 Å². The largest absolute Gasteiger partial charge is 0.494 e. The predicted octanol–water partition coefficient (Wildman–Crippen LogP) is 4.86. The van der Waals surface area contributed by atoms with Crippen LogP contribution in [0.5, 0.6) is 5.75 Å². The van der Waals surface area contributed by atoms with Crippen LogP contribution in [0.2, 0.25) is 0 Å². The van der Waals surface area contributed by atoms with Crippen LogP contribution in [-0.2, 0) is 33.7 Å². The summed E-state index contributed by atoms with van der Waals surface area (Å²) >= 11 is 0. The molecule has 7 nitrogen and oxygen atoms in total. The third-order valence-electron chi connectivity index (χ3n) is 6.73. The number of para-hydroxylation sites is 1. The SMILES string of the molecule is CCOc1ccc(CN(CCc2c[nH]c3ccccc23)C(=O)CN(CCOC)C(=O)Cc2ccccc2)cc1. The van der Waals surface area contributed by atoms with Crippen LogP contribution in [0.25, 0.3) is 10.9 Å². The average molecular weight is 528 g/mol. The second kappa shape index (κ2) is 14.2. The summed E-state index contributed by atoms with van der Waals surface area (Å²) in [7, 11) is 1.60. The van der Waals surface area contributed by atoms with Crippen LogP contribution in [-0.4, -0.2) is 66.6 Å². The Hall–Kier alpha value is -4.10. The molecule has 0 fully saturated rings. The van der Waals surface area contributed by atoms with Crippen molar-refractivity contribution in [1.82, 2.24) is 14.8 Å². The molecule has 0 aliphatic carbocycles. The van der Waals surface area contributed by atoms with Crippen molar-refractivity contribution in [2.45, 2.75) is 26.3 Å². The number of fused-ring (bicyclic) bond motifs is 1. The van der Waals surface area contributed by atoms with Crippen molar-refractivity contribution in [3.05, 3.63) is 102 Å². The number of nitrogens with zero attached hydrogens (tertiary/aromatic N) is 2. The molecule has 0 radical (unpaired) electrons. The van der Waals surface area contributed by atoms with Crippen LogP contribution >= 0.6 is 0 Å². The number of nitrogens with one attached hydrogen (secondary N) is 1. The minimum Gasteiger partial charge on any atom is -0.494 e. The quantitative estimate of drug-likeness (QED) is 0.254. The second-order valence-electron chi connectivity index (χ2n) is 9.47. The van der Waals surface area contributed by atoms with E-state index < -0.39 is 0 Å². The lowest BCUT2D eigenvalue weighted by Crippen LogP contribution is -2.45. The van der Waals surface area contributed by atoms with Crippen LogP contribution in [0.4, 0.5) is 0 Å². The fourth-order valence-electron chi connectivity index (χ4n) is 4.60. The van der Waals surface area contributed by atoms with Crippen LogP contribution in [0.1, 0.15) is 23.6 Å². The zero-order chi connectivity index (χ0) is 27.5. The molecular weight excluding hydrogens is 490 g/mol. The fraction of sp³-hybridized carbons (Fsp3) is 0.312. The first kappa shape index (κ1) is 27.9. The number of hydrogen-bond acceptors (Lipinski definition) is 4. The maximum atomic E-state index is 13.7. The van der Waals surface area contributed by atoms with Crippen molar-refractivity contribution in [2.75, 3.05) is 40.0 Å². The van der Waals surface area contributed by atoms with E-state index in [2.05, 4.69) is 11.1 Å². The van der Waals surface area contributed by atoms with Crippen molar-refractivity contribution in [3.63, 3.8) is 0 Å². The van der Waals surface area contributed by atoms with E-state index in [4.69, 9.17) is 9.47 Å². The maximum absolute atomic E-state index is 13.7. The molecule has 1 heterocycles. The number of rotatable bonds is 14.